The highest BCUT2D eigenvalue weighted by atomic mass is 15.0. The largest absolute Gasteiger partial charge is 0.305 e. The van der Waals surface area contributed by atoms with Gasteiger partial charge >= 0.3 is 0 Å². The second kappa shape index (κ2) is 6.15. The fourth-order valence-electron chi connectivity index (χ4n) is 1.50. The summed E-state index contributed by atoms with van der Waals surface area (Å²) in [5.41, 5.74) is 1.02. The summed E-state index contributed by atoms with van der Waals surface area (Å²) >= 11 is 0. The minimum absolute atomic E-state index is 0.199. The Bertz CT molecular complexity index is 315. The van der Waals surface area contributed by atoms with Crippen molar-refractivity contribution in [2.24, 2.45) is 0 Å². The van der Waals surface area contributed by atoms with E-state index in [0.29, 0.717) is 6.42 Å². The fourth-order valence-corrected chi connectivity index (χ4v) is 1.50. The maximum absolute atomic E-state index is 8.65. The van der Waals surface area contributed by atoms with Gasteiger partial charge in [0.2, 0.25) is 0 Å². The number of nitrogens with one attached hydrogen (secondary N) is 1. The van der Waals surface area contributed by atoms with Gasteiger partial charge in [-0.05, 0) is 25.5 Å². The van der Waals surface area contributed by atoms with Gasteiger partial charge in [0.1, 0.15) is 0 Å². The Morgan fingerprint density at radius 1 is 1.53 bits per heavy atom. The van der Waals surface area contributed by atoms with E-state index in [4.69, 9.17) is 5.26 Å². The first-order valence-corrected chi connectivity index (χ1v) is 5.31. The second-order valence-corrected chi connectivity index (χ2v) is 3.61. The molecule has 1 aromatic heterocycles. The lowest BCUT2D eigenvalue weighted by molar-refractivity contribution is 0.442. The molecule has 1 aromatic rings. The van der Waals surface area contributed by atoms with Crippen molar-refractivity contribution < 1.29 is 0 Å². The Kier molecular flexibility index (Phi) is 4.79. The standard InChI is InChI=1S/C12H17N3/c1-3-11(7-8-13)15-10(2)12-6-4-5-9-14-12/h4-6,9-11,15H,3,7H2,1-2H3/t10-,11?/m1/s1. The van der Waals surface area contributed by atoms with E-state index < -0.39 is 0 Å². The predicted octanol–water partition coefficient (Wildman–Crippen LogP) is 2.42. The molecule has 15 heavy (non-hydrogen) atoms. The van der Waals surface area contributed by atoms with E-state index in [1.165, 1.54) is 0 Å². The van der Waals surface area contributed by atoms with Crippen LogP contribution in [-0.4, -0.2) is 11.0 Å². The van der Waals surface area contributed by atoms with Gasteiger partial charge in [0.05, 0.1) is 18.2 Å². The van der Waals surface area contributed by atoms with Crippen molar-refractivity contribution in [2.45, 2.75) is 38.8 Å². The lowest BCUT2D eigenvalue weighted by Crippen LogP contribution is -2.31. The zero-order chi connectivity index (χ0) is 11.1. The molecule has 0 radical (unpaired) electrons. The zero-order valence-corrected chi connectivity index (χ0v) is 9.27. The SMILES string of the molecule is CCC(CC#N)N[C@H](C)c1ccccn1. The van der Waals surface area contributed by atoms with Gasteiger partial charge in [0.15, 0.2) is 0 Å². The predicted molar refractivity (Wildman–Crippen MR) is 60.1 cm³/mol. The van der Waals surface area contributed by atoms with E-state index in [1.54, 1.807) is 6.20 Å². The molecule has 3 heteroatoms. The molecule has 3 nitrogen and oxygen atoms in total. The number of rotatable bonds is 5. The van der Waals surface area contributed by atoms with Crippen LogP contribution in [0.1, 0.15) is 38.4 Å². The maximum Gasteiger partial charge on any atom is 0.0638 e. The first-order chi connectivity index (χ1) is 7.27. The van der Waals surface area contributed by atoms with Crippen molar-refractivity contribution in [2.75, 3.05) is 0 Å². The molecule has 80 valence electrons. The molecular formula is C12H17N3. The summed E-state index contributed by atoms with van der Waals surface area (Å²) in [6.07, 6.45) is 3.30. The third-order valence-corrected chi connectivity index (χ3v) is 2.45. The molecule has 1 unspecified atom stereocenters. The van der Waals surface area contributed by atoms with Gasteiger partial charge in [-0.25, -0.2) is 0 Å². The molecule has 0 fully saturated rings. The van der Waals surface area contributed by atoms with Crippen LogP contribution in [-0.2, 0) is 0 Å². The van der Waals surface area contributed by atoms with Gasteiger partial charge in [-0.15, -0.1) is 0 Å². The summed E-state index contributed by atoms with van der Waals surface area (Å²) < 4.78 is 0. The number of nitriles is 1. The molecule has 1 rings (SSSR count). The Labute approximate surface area is 91.1 Å². The Morgan fingerprint density at radius 2 is 2.33 bits per heavy atom. The maximum atomic E-state index is 8.65. The molecular weight excluding hydrogens is 186 g/mol. The van der Waals surface area contributed by atoms with E-state index in [-0.39, 0.29) is 12.1 Å². The summed E-state index contributed by atoms with van der Waals surface area (Å²) in [7, 11) is 0. The summed E-state index contributed by atoms with van der Waals surface area (Å²) in [5.74, 6) is 0. The molecule has 0 spiro atoms. The van der Waals surface area contributed by atoms with Crippen molar-refractivity contribution in [3.63, 3.8) is 0 Å². The van der Waals surface area contributed by atoms with Gasteiger partial charge < -0.3 is 5.32 Å². The highest BCUT2D eigenvalue weighted by Crippen LogP contribution is 2.11. The smallest absolute Gasteiger partial charge is 0.0638 e. The second-order valence-electron chi connectivity index (χ2n) is 3.61. The fraction of sp³-hybridized carbons (Fsp3) is 0.500. The number of pyridine rings is 1. The van der Waals surface area contributed by atoms with Crippen LogP contribution in [0, 0.1) is 11.3 Å². The lowest BCUT2D eigenvalue weighted by atomic mass is 10.1. The van der Waals surface area contributed by atoms with Gasteiger partial charge in [-0.3, -0.25) is 4.98 Å². The normalized spacial score (nSPS) is 14.2. The van der Waals surface area contributed by atoms with Gasteiger partial charge in [-0.2, -0.15) is 5.26 Å². The van der Waals surface area contributed by atoms with Crippen molar-refractivity contribution in [3.8, 4) is 6.07 Å². The van der Waals surface area contributed by atoms with Crippen LogP contribution in [0.5, 0.6) is 0 Å². The molecule has 0 bridgehead atoms. The third-order valence-electron chi connectivity index (χ3n) is 2.45. The first-order valence-electron chi connectivity index (χ1n) is 5.31. The van der Waals surface area contributed by atoms with Crippen LogP contribution in [0.3, 0.4) is 0 Å². The van der Waals surface area contributed by atoms with Crippen LogP contribution in [0.25, 0.3) is 0 Å². The van der Waals surface area contributed by atoms with Gasteiger partial charge in [0, 0.05) is 18.3 Å². The van der Waals surface area contributed by atoms with Crippen molar-refractivity contribution in [1.29, 1.82) is 5.26 Å². The van der Waals surface area contributed by atoms with Crippen LogP contribution < -0.4 is 5.32 Å². The van der Waals surface area contributed by atoms with Crippen molar-refractivity contribution >= 4 is 0 Å². The molecule has 0 aliphatic carbocycles. The lowest BCUT2D eigenvalue weighted by Gasteiger charge is -2.19. The summed E-state index contributed by atoms with van der Waals surface area (Å²) in [6, 6.07) is 8.53. The molecule has 1 N–H and O–H groups in total. The van der Waals surface area contributed by atoms with E-state index in [9.17, 15) is 0 Å². The van der Waals surface area contributed by atoms with Gasteiger partial charge in [-0.1, -0.05) is 13.0 Å². The topological polar surface area (TPSA) is 48.7 Å². The van der Waals surface area contributed by atoms with Crippen LogP contribution >= 0.6 is 0 Å². The van der Waals surface area contributed by atoms with Crippen LogP contribution in [0.15, 0.2) is 24.4 Å². The van der Waals surface area contributed by atoms with E-state index in [2.05, 4.69) is 30.2 Å². The first kappa shape index (κ1) is 11.7. The van der Waals surface area contributed by atoms with Crippen LogP contribution in [0.2, 0.25) is 0 Å². The molecule has 0 saturated carbocycles. The molecule has 1 heterocycles. The molecule has 0 aliphatic rings. The van der Waals surface area contributed by atoms with Crippen LogP contribution in [0.4, 0.5) is 0 Å². The molecule has 2 atom stereocenters. The Hall–Kier alpha value is -1.40. The minimum atomic E-state index is 0.199. The average molecular weight is 203 g/mol. The highest BCUT2D eigenvalue weighted by Gasteiger charge is 2.11. The van der Waals surface area contributed by atoms with Crippen molar-refractivity contribution in [1.82, 2.24) is 10.3 Å². The Morgan fingerprint density at radius 3 is 2.87 bits per heavy atom. The Balaban J connectivity index is 2.55. The number of nitrogens with zero attached hydrogens (tertiary/aromatic N) is 2. The molecule has 0 aliphatic heterocycles. The van der Waals surface area contributed by atoms with Crippen molar-refractivity contribution in [3.05, 3.63) is 30.1 Å². The van der Waals surface area contributed by atoms with E-state index in [1.807, 2.05) is 18.2 Å². The van der Waals surface area contributed by atoms with E-state index >= 15 is 0 Å². The zero-order valence-electron chi connectivity index (χ0n) is 9.27. The monoisotopic (exact) mass is 203 g/mol. The number of hydrogen-bond donors (Lipinski definition) is 1. The summed E-state index contributed by atoms with van der Waals surface area (Å²) in [5, 5.41) is 12.0. The number of hydrogen-bond acceptors (Lipinski definition) is 3. The summed E-state index contributed by atoms with van der Waals surface area (Å²) in [4.78, 5) is 4.28. The highest BCUT2D eigenvalue weighted by molar-refractivity contribution is 5.08. The third kappa shape index (κ3) is 3.69. The molecule has 0 saturated heterocycles. The summed E-state index contributed by atoms with van der Waals surface area (Å²) in [6.45, 7) is 4.16. The average Bonchev–Trinajstić information content (AvgIpc) is 2.29. The van der Waals surface area contributed by atoms with Gasteiger partial charge in [0.25, 0.3) is 0 Å². The minimum Gasteiger partial charge on any atom is -0.305 e. The van der Waals surface area contributed by atoms with E-state index in [0.717, 1.165) is 12.1 Å². The number of aromatic nitrogens is 1. The quantitative estimate of drug-likeness (QED) is 0.799. The molecule has 0 aromatic carbocycles. The molecule has 0 amide bonds.